The molecule has 0 bridgehead atoms. The quantitative estimate of drug-likeness (QED) is 0.707. The van der Waals surface area contributed by atoms with E-state index in [2.05, 4.69) is 4.98 Å². The van der Waals surface area contributed by atoms with Crippen LogP contribution in [0.25, 0.3) is 6.08 Å². The van der Waals surface area contributed by atoms with Gasteiger partial charge < -0.3 is 10.2 Å². The summed E-state index contributed by atoms with van der Waals surface area (Å²) in [4.78, 5) is 24.5. The van der Waals surface area contributed by atoms with Gasteiger partial charge in [0.05, 0.1) is 10.4 Å². The van der Waals surface area contributed by atoms with E-state index in [4.69, 9.17) is 10.2 Å². The zero-order valence-corrected chi connectivity index (χ0v) is 7.11. The van der Waals surface area contributed by atoms with Crippen LogP contribution in [0, 0.1) is 0 Å². The maximum atomic E-state index is 10.5. The number of aromatic nitrogens is 1. The average Bonchev–Trinajstić information content (AvgIpc) is 2.47. The fourth-order valence-electron chi connectivity index (χ4n) is 0.681. The van der Waals surface area contributed by atoms with Crippen LogP contribution in [0.2, 0.25) is 0 Å². The second-order valence-corrected chi connectivity index (χ2v) is 2.93. The lowest BCUT2D eigenvalue weighted by atomic mass is 10.3. The summed E-state index contributed by atoms with van der Waals surface area (Å²) in [5.74, 6) is -2.28. The maximum absolute atomic E-state index is 10.5. The molecule has 6 heteroatoms. The van der Waals surface area contributed by atoms with Gasteiger partial charge in [-0.1, -0.05) is 0 Å². The van der Waals surface area contributed by atoms with Gasteiger partial charge >= 0.3 is 11.9 Å². The lowest BCUT2D eigenvalue weighted by molar-refractivity contribution is -0.131. The Kier molecular flexibility index (Phi) is 2.76. The molecule has 0 aliphatic carbocycles. The molecule has 0 unspecified atom stereocenters. The summed E-state index contributed by atoms with van der Waals surface area (Å²) in [5.41, 5.74) is 1.23. The Hall–Kier alpha value is -1.69. The van der Waals surface area contributed by atoms with Crippen LogP contribution in [0.4, 0.5) is 0 Å². The fourth-order valence-corrected chi connectivity index (χ4v) is 1.35. The number of carbonyl (C=O) groups is 2. The molecule has 13 heavy (non-hydrogen) atoms. The highest BCUT2D eigenvalue weighted by atomic mass is 32.1. The molecule has 0 atom stereocenters. The molecular formula is C7H5NO4S. The number of hydrogen-bond acceptors (Lipinski definition) is 4. The van der Waals surface area contributed by atoms with Crippen molar-refractivity contribution >= 4 is 29.4 Å². The Balaban J connectivity index is 2.95. The highest BCUT2D eigenvalue weighted by Crippen LogP contribution is 2.14. The molecule has 1 rings (SSSR count). The third-order valence-electron chi connectivity index (χ3n) is 1.17. The van der Waals surface area contributed by atoms with E-state index in [-0.39, 0.29) is 5.69 Å². The van der Waals surface area contributed by atoms with E-state index < -0.39 is 11.9 Å². The SMILES string of the molecule is O=C(O)C=Cc1scnc1C(=O)O. The standard InChI is InChI=1S/C7H5NO4S/c9-5(10)2-1-4-6(7(11)12)8-3-13-4/h1-3H,(H,9,10)(H,11,12). The third-order valence-corrected chi connectivity index (χ3v) is 1.97. The maximum Gasteiger partial charge on any atom is 0.356 e. The molecule has 0 saturated carbocycles. The summed E-state index contributed by atoms with van der Waals surface area (Å²) in [7, 11) is 0. The van der Waals surface area contributed by atoms with Gasteiger partial charge in [-0.05, 0) is 6.08 Å². The Morgan fingerprint density at radius 2 is 2.15 bits per heavy atom. The number of thiazole rings is 1. The van der Waals surface area contributed by atoms with Crippen molar-refractivity contribution in [3.8, 4) is 0 Å². The number of aliphatic carboxylic acids is 1. The number of aromatic carboxylic acids is 1. The third kappa shape index (κ3) is 2.38. The fraction of sp³-hybridized carbons (Fsp3) is 0. The molecule has 68 valence electrons. The number of carboxylic acid groups (broad SMARTS) is 2. The van der Waals surface area contributed by atoms with Gasteiger partial charge in [-0.2, -0.15) is 0 Å². The van der Waals surface area contributed by atoms with Crippen LogP contribution in [0.5, 0.6) is 0 Å². The summed E-state index contributed by atoms with van der Waals surface area (Å²) in [5, 5.41) is 16.9. The lowest BCUT2D eigenvalue weighted by Crippen LogP contribution is -1.98. The van der Waals surface area contributed by atoms with Gasteiger partial charge in [0.15, 0.2) is 5.69 Å². The van der Waals surface area contributed by atoms with Crippen LogP contribution in [-0.2, 0) is 4.79 Å². The van der Waals surface area contributed by atoms with Crippen LogP contribution >= 0.6 is 11.3 Å². The molecule has 1 aromatic heterocycles. The monoisotopic (exact) mass is 199 g/mol. The largest absolute Gasteiger partial charge is 0.478 e. The van der Waals surface area contributed by atoms with E-state index in [0.29, 0.717) is 4.88 Å². The molecule has 0 spiro atoms. The molecule has 0 amide bonds. The van der Waals surface area contributed by atoms with Crippen molar-refractivity contribution in [2.45, 2.75) is 0 Å². The summed E-state index contributed by atoms with van der Waals surface area (Å²) < 4.78 is 0. The number of hydrogen-bond donors (Lipinski definition) is 2. The van der Waals surface area contributed by atoms with Gasteiger partial charge in [-0.15, -0.1) is 11.3 Å². The predicted molar refractivity (Wildman–Crippen MR) is 45.7 cm³/mol. The number of nitrogens with zero attached hydrogens (tertiary/aromatic N) is 1. The molecule has 5 nitrogen and oxygen atoms in total. The molecule has 0 aromatic carbocycles. The van der Waals surface area contributed by atoms with Crippen molar-refractivity contribution in [2.24, 2.45) is 0 Å². The zero-order valence-electron chi connectivity index (χ0n) is 6.30. The smallest absolute Gasteiger partial charge is 0.356 e. The normalized spacial score (nSPS) is 10.5. The Morgan fingerprint density at radius 3 is 2.69 bits per heavy atom. The Morgan fingerprint density at radius 1 is 1.46 bits per heavy atom. The number of rotatable bonds is 3. The second-order valence-electron chi connectivity index (χ2n) is 2.04. The second kappa shape index (κ2) is 3.81. The summed E-state index contributed by atoms with van der Waals surface area (Å²) >= 11 is 1.08. The minimum Gasteiger partial charge on any atom is -0.478 e. The molecule has 1 heterocycles. The Labute approximate surface area is 77.0 Å². The van der Waals surface area contributed by atoms with E-state index in [1.54, 1.807) is 0 Å². The van der Waals surface area contributed by atoms with Gasteiger partial charge in [0, 0.05) is 6.08 Å². The van der Waals surface area contributed by atoms with Crippen LogP contribution in [0.3, 0.4) is 0 Å². The van der Waals surface area contributed by atoms with Crippen molar-refractivity contribution in [3.05, 3.63) is 22.2 Å². The molecule has 2 N–H and O–H groups in total. The van der Waals surface area contributed by atoms with Crippen molar-refractivity contribution in [3.63, 3.8) is 0 Å². The first-order valence-electron chi connectivity index (χ1n) is 3.19. The summed E-state index contributed by atoms with van der Waals surface area (Å²) in [6, 6.07) is 0. The van der Waals surface area contributed by atoms with Gasteiger partial charge in [-0.3, -0.25) is 0 Å². The van der Waals surface area contributed by atoms with E-state index in [1.807, 2.05) is 0 Å². The predicted octanol–water partition coefficient (Wildman–Crippen LogP) is 0.939. The average molecular weight is 199 g/mol. The van der Waals surface area contributed by atoms with Crippen LogP contribution < -0.4 is 0 Å². The molecular weight excluding hydrogens is 194 g/mol. The van der Waals surface area contributed by atoms with Gasteiger partial charge in [0.2, 0.25) is 0 Å². The van der Waals surface area contributed by atoms with Crippen molar-refractivity contribution < 1.29 is 19.8 Å². The minimum absolute atomic E-state index is 0.123. The molecule has 0 aliphatic rings. The van der Waals surface area contributed by atoms with Crippen molar-refractivity contribution in [1.29, 1.82) is 0 Å². The summed E-state index contributed by atoms with van der Waals surface area (Å²) in [6.07, 6.45) is 2.09. The van der Waals surface area contributed by atoms with E-state index in [1.165, 1.54) is 11.6 Å². The number of carboxylic acids is 2. The molecule has 0 aliphatic heterocycles. The molecule has 0 radical (unpaired) electrons. The first-order chi connectivity index (χ1) is 6.11. The first-order valence-corrected chi connectivity index (χ1v) is 4.07. The first kappa shape index (κ1) is 9.40. The van der Waals surface area contributed by atoms with E-state index >= 15 is 0 Å². The lowest BCUT2D eigenvalue weighted by Gasteiger charge is -1.87. The zero-order chi connectivity index (χ0) is 9.84. The van der Waals surface area contributed by atoms with Gasteiger partial charge in [-0.25, -0.2) is 14.6 Å². The van der Waals surface area contributed by atoms with Gasteiger partial charge in [0.1, 0.15) is 0 Å². The molecule has 0 saturated heterocycles. The molecule has 0 fully saturated rings. The van der Waals surface area contributed by atoms with Gasteiger partial charge in [0.25, 0.3) is 0 Å². The van der Waals surface area contributed by atoms with Crippen LogP contribution in [0.1, 0.15) is 15.4 Å². The molecule has 1 aromatic rings. The summed E-state index contributed by atoms with van der Waals surface area (Å²) in [6.45, 7) is 0. The van der Waals surface area contributed by atoms with E-state index in [0.717, 1.165) is 17.4 Å². The highest BCUT2D eigenvalue weighted by molar-refractivity contribution is 7.10. The Bertz CT molecular complexity index is 368. The topological polar surface area (TPSA) is 87.5 Å². The van der Waals surface area contributed by atoms with E-state index in [9.17, 15) is 9.59 Å². The minimum atomic E-state index is -1.16. The highest BCUT2D eigenvalue weighted by Gasteiger charge is 2.10. The van der Waals surface area contributed by atoms with Crippen molar-refractivity contribution in [1.82, 2.24) is 4.98 Å². The van der Waals surface area contributed by atoms with Crippen LogP contribution in [0.15, 0.2) is 11.6 Å². The van der Waals surface area contributed by atoms with Crippen molar-refractivity contribution in [2.75, 3.05) is 0 Å². The van der Waals surface area contributed by atoms with Crippen LogP contribution in [-0.4, -0.2) is 27.1 Å².